The lowest BCUT2D eigenvalue weighted by molar-refractivity contribution is -0.0363. The normalized spacial score (nSPS) is 14.5. The summed E-state index contributed by atoms with van der Waals surface area (Å²) in [5.74, 6) is 0. The molecule has 1 atom stereocenters. The Balaban J connectivity index is 3.18. The Hall–Kier alpha value is -0.120. The Morgan fingerprint density at radius 2 is 1.85 bits per heavy atom. The van der Waals surface area contributed by atoms with Gasteiger partial charge in [-0.1, -0.05) is 6.92 Å². The van der Waals surface area contributed by atoms with E-state index in [1.54, 1.807) is 0 Å². The minimum atomic E-state index is -0.0732. The molecule has 0 aliphatic heterocycles. The van der Waals surface area contributed by atoms with Crippen LogP contribution in [-0.2, 0) is 9.47 Å². The van der Waals surface area contributed by atoms with Gasteiger partial charge in [0.1, 0.15) is 0 Å². The van der Waals surface area contributed by atoms with E-state index in [1.807, 2.05) is 20.8 Å². The largest absolute Gasteiger partial charge is 0.377 e. The zero-order chi connectivity index (χ0) is 10.3. The van der Waals surface area contributed by atoms with Gasteiger partial charge in [-0.3, -0.25) is 0 Å². The lowest BCUT2D eigenvalue weighted by Crippen LogP contribution is -2.27. The third-order valence-electron chi connectivity index (χ3n) is 1.62. The van der Waals surface area contributed by atoms with E-state index in [9.17, 15) is 0 Å². The van der Waals surface area contributed by atoms with Gasteiger partial charge in [0.05, 0.1) is 25.4 Å². The molecule has 0 heterocycles. The van der Waals surface area contributed by atoms with Crippen molar-refractivity contribution in [3.63, 3.8) is 0 Å². The highest BCUT2D eigenvalue weighted by atomic mass is 16.5. The standard InChI is InChI=1S/C10H23NO2/c1-5-9(11)8-12-6-7-13-10(2,3)4/h9H,5-8,11H2,1-4H3. The Kier molecular flexibility index (Phi) is 6.29. The summed E-state index contributed by atoms with van der Waals surface area (Å²) in [7, 11) is 0. The molecule has 0 saturated heterocycles. The summed E-state index contributed by atoms with van der Waals surface area (Å²) >= 11 is 0. The van der Waals surface area contributed by atoms with Crippen molar-refractivity contribution in [3.8, 4) is 0 Å². The molecular weight excluding hydrogens is 166 g/mol. The number of ether oxygens (including phenoxy) is 2. The lowest BCUT2D eigenvalue weighted by Gasteiger charge is -2.19. The van der Waals surface area contributed by atoms with Crippen molar-refractivity contribution in [1.82, 2.24) is 0 Å². The Morgan fingerprint density at radius 3 is 2.31 bits per heavy atom. The Bertz CT molecular complexity index is 121. The zero-order valence-corrected chi connectivity index (χ0v) is 9.30. The van der Waals surface area contributed by atoms with E-state index in [-0.39, 0.29) is 11.6 Å². The fraction of sp³-hybridized carbons (Fsp3) is 1.00. The van der Waals surface area contributed by atoms with Crippen molar-refractivity contribution in [2.24, 2.45) is 5.73 Å². The van der Waals surface area contributed by atoms with E-state index in [2.05, 4.69) is 6.92 Å². The Labute approximate surface area is 81.6 Å². The molecule has 0 aromatic rings. The van der Waals surface area contributed by atoms with Crippen LogP contribution >= 0.6 is 0 Å². The molecule has 0 spiro atoms. The predicted octanol–water partition coefficient (Wildman–Crippen LogP) is 1.56. The fourth-order valence-electron chi connectivity index (χ4n) is 0.759. The van der Waals surface area contributed by atoms with Gasteiger partial charge in [-0.25, -0.2) is 0 Å². The number of rotatable bonds is 6. The maximum Gasteiger partial charge on any atom is 0.0707 e. The average molecular weight is 189 g/mol. The molecule has 0 aliphatic carbocycles. The van der Waals surface area contributed by atoms with Crippen molar-refractivity contribution < 1.29 is 9.47 Å². The highest BCUT2D eigenvalue weighted by Gasteiger charge is 2.09. The van der Waals surface area contributed by atoms with Crippen LogP contribution in [0.25, 0.3) is 0 Å². The highest BCUT2D eigenvalue weighted by molar-refractivity contribution is 4.58. The molecule has 0 aliphatic rings. The summed E-state index contributed by atoms with van der Waals surface area (Å²) in [6, 6.07) is 0.162. The zero-order valence-electron chi connectivity index (χ0n) is 9.30. The number of hydrogen-bond acceptors (Lipinski definition) is 3. The topological polar surface area (TPSA) is 44.5 Å². The lowest BCUT2D eigenvalue weighted by atomic mass is 10.2. The molecule has 3 nitrogen and oxygen atoms in total. The smallest absolute Gasteiger partial charge is 0.0707 e. The maximum absolute atomic E-state index is 5.68. The molecule has 0 fully saturated rings. The summed E-state index contributed by atoms with van der Waals surface area (Å²) < 4.78 is 10.8. The quantitative estimate of drug-likeness (QED) is 0.645. The van der Waals surface area contributed by atoms with Gasteiger partial charge < -0.3 is 15.2 Å². The van der Waals surface area contributed by atoms with Crippen LogP contribution in [0.15, 0.2) is 0 Å². The van der Waals surface area contributed by atoms with Crippen LogP contribution in [0.5, 0.6) is 0 Å². The molecule has 0 bridgehead atoms. The van der Waals surface area contributed by atoms with Crippen molar-refractivity contribution in [2.45, 2.75) is 45.8 Å². The first-order chi connectivity index (χ1) is 5.95. The van der Waals surface area contributed by atoms with Gasteiger partial charge in [0, 0.05) is 6.04 Å². The molecule has 80 valence electrons. The predicted molar refractivity (Wildman–Crippen MR) is 54.8 cm³/mol. The molecule has 3 heteroatoms. The van der Waals surface area contributed by atoms with Crippen molar-refractivity contribution >= 4 is 0 Å². The van der Waals surface area contributed by atoms with Gasteiger partial charge >= 0.3 is 0 Å². The first kappa shape index (κ1) is 12.9. The molecule has 2 N–H and O–H groups in total. The fourth-order valence-corrected chi connectivity index (χ4v) is 0.759. The van der Waals surface area contributed by atoms with E-state index in [1.165, 1.54) is 0 Å². The van der Waals surface area contributed by atoms with Crippen LogP contribution in [0.1, 0.15) is 34.1 Å². The van der Waals surface area contributed by atoms with Gasteiger partial charge in [0.2, 0.25) is 0 Å². The summed E-state index contributed by atoms with van der Waals surface area (Å²) in [5.41, 5.74) is 5.60. The molecule has 0 saturated carbocycles. The van der Waals surface area contributed by atoms with Gasteiger partial charge in [-0.05, 0) is 27.2 Å². The first-order valence-electron chi connectivity index (χ1n) is 4.93. The molecule has 0 radical (unpaired) electrons. The van der Waals surface area contributed by atoms with Gasteiger partial charge in [0.15, 0.2) is 0 Å². The molecule has 1 unspecified atom stereocenters. The van der Waals surface area contributed by atoms with Crippen LogP contribution in [0.4, 0.5) is 0 Å². The van der Waals surface area contributed by atoms with Gasteiger partial charge in [-0.2, -0.15) is 0 Å². The van der Waals surface area contributed by atoms with Crippen LogP contribution in [-0.4, -0.2) is 31.5 Å². The van der Waals surface area contributed by atoms with E-state index >= 15 is 0 Å². The molecule has 13 heavy (non-hydrogen) atoms. The van der Waals surface area contributed by atoms with E-state index in [4.69, 9.17) is 15.2 Å². The summed E-state index contributed by atoms with van der Waals surface area (Å²) in [6.07, 6.45) is 0.958. The van der Waals surface area contributed by atoms with Gasteiger partial charge in [0.25, 0.3) is 0 Å². The minimum absolute atomic E-state index is 0.0732. The molecule has 0 aromatic heterocycles. The second-order valence-corrected chi connectivity index (χ2v) is 4.20. The third kappa shape index (κ3) is 9.80. The molecule has 0 aromatic carbocycles. The van der Waals surface area contributed by atoms with Gasteiger partial charge in [-0.15, -0.1) is 0 Å². The van der Waals surface area contributed by atoms with E-state index in [0.717, 1.165) is 6.42 Å². The first-order valence-corrected chi connectivity index (χ1v) is 4.93. The van der Waals surface area contributed by atoms with Crippen LogP contribution < -0.4 is 5.73 Å². The molecule has 0 amide bonds. The van der Waals surface area contributed by atoms with Crippen molar-refractivity contribution in [2.75, 3.05) is 19.8 Å². The summed E-state index contributed by atoms with van der Waals surface area (Å²) in [5, 5.41) is 0. The number of hydrogen-bond donors (Lipinski definition) is 1. The second kappa shape index (κ2) is 6.35. The van der Waals surface area contributed by atoms with Crippen molar-refractivity contribution in [3.05, 3.63) is 0 Å². The minimum Gasteiger partial charge on any atom is -0.377 e. The monoisotopic (exact) mass is 189 g/mol. The van der Waals surface area contributed by atoms with E-state index < -0.39 is 0 Å². The summed E-state index contributed by atoms with van der Waals surface area (Å²) in [6.45, 7) is 10.1. The number of nitrogens with two attached hydrogens (primary N) is 1. The molecule has 0 rings (SSSR count). The average Bonchev–Trinajstić information content (AvgIpc) is 2.01. The summed E-state index contributed by atoms with van der Waals surface area (Å²) in [4.78, 5) is 0. The molecular formula is C10H23NO2. The SMILES string of the molecule is CCC(N)COCCOC(C)(C)C. The van der Waals surface area contributed by atoms with Crippen molar-refractivity contribution in [1.29, 1.82) is 0 Å². The van der Waals surface area contributed by atoms with Crippen LogP contribution in [0.2, 0.25) is 0 Å². The van der Waals surface area contributed by atoms with Crippen LogP contribution in [0, 0.1) is 0 Å². The maximum atomic E-state index is 5.68. The van der Waals surface area contributed by atoms with Crippen LogP contribution in [0.3, 0.4) is 0 Å². The Morgan fingerprint density at radius 1 is 1.23 bits per heavy atom. The van der Waals surface area contributed by atoms with E-state index in [0.29, 0.717) is 19.8 Å². The highest BCUT2D eigenvalue weighted by Crippen LogP contribution is 2.05. The third-order valence-corrected chi connectivity index (χ3v) is 1.62. The second-order valence-electron chi connectivity index (χ2n) is 4.20.